The van der Waals surface area contributed by atoms with Crippen LogP contribution in [0.5, 0.6) is 0 Å². The average molecular weight is 293 g/mol. The third kappa shape index (κ3) is 3.80. The topological polar surface area (TPSA) is 57.6 Å². The van der Waals surface area contributed by atoms with E-state index in [2.05, 4.69) is 0 Å². The van der Waals surface area contributed by atoms with Gasteiger partial charge < -0.3 is 10.0 Å². The summed E-state index contributed by atoms with van der Waals surface area (Å²) >= 11 is 0. The van der Waals surface area contributed by atoms with E-state index in [1.54, 1.807) is 23.1 Å². The molecule has 0 spiro atoms. The maximum Gasteiger partial charge on any atom is 0.305 e. The van der Waals surface area contributed by atoms with Crippen LogP contribution >= 0.6 is 0 Å². The number of carboxylic acids is 1. The van der Waals surface area contributed by atoms with Gasteiger partial charge in [-0.25, -0.2) is 4.39 Å². The number of nitrogens with zero attached hydrogens (tertiary/aromatic N) is 1. The van der Waals surface area contributed by atoms with Crippen LogP contribution in [0.4, 0.5) is 4.39 Å². The van der Waals surface area contributed by atoms with Crippen molar-refractivity contribution >= 4 is 11.9 Å². The minimum Gasteiger partial charge on any atom is -0.481 e. The van der Waals surface area contributed by atoms with Gasteiger partial charge in [0, 0.05) is 19.0 Å². The van der Waals surface area contributed by atoms with Gasteiger partial charge in [-0.05, 0) is 30.4 Å². The molecule has 2 atom stereocenters. The zero-order valence-corrected chi connectivity index (χ0v) is 12.1. The lowest BCUT2D eigenvalue weighted by molar-refractivity contribution is -0.140. The van der Waals surface area contributed by atoms with E-state index in [9.17, 15) is 14.0 Å². The van der Waals surface area contributed by atoms with E-state index in [1.165, 1.54) is 6.07 Å². The van der Waals surface area contributed by atoms with Crippen LogP contribution in [0.3, 0.4) is 0 Å². The highest BCUT2D eigenvalue weighted by atomic mass is 19.1. The molecular formula is C16H20FNO3. The molecule has 1 N–H and O–H groups in total. The van der Waals surface area contributed by atoms with Gasteiger partial charge in [-0.3, -0.25) is 9.59 Å². The maximum absolute atomic E-state index is 13.7. The van der Waals surface area contributed by atoms with Crippen LogP contribution in [-0.4, -0.2) is 34.5 Å². The van der Waals surface area contributed by atoms with E-state index in [4.69, 9.17) is 5.11 Å². The van der Waals surface area contributed by atoms with Crippen molar-refractivity contribution in [1.82, 2.24) is 4.90 Å². The molecule has 1 fully saturated rings. The summed E-state index contributed by atoms with van der Waals surface area (Å²) in [6.07, 6.45) is 1.75. The second-order valence-electron chi connectivity index (χ2n) is 5.61. The van der Waals surface area contributed by atoms with Crippen LogP contribution in [-0.2, 0) is 9.59 Å². The van der Waals surface area contributed by atoms with E-state index in [0.29, 0.717) is 12.1 Å². The van der Waals surface area contributed by atoms with E-state index in [0.717, 1.165) is 12.8 Å². The maximum atomic E-state index is 13.7. The molecular weight excluding hydrogens is 273 g/mol. The molecule has 1 amide bonds. The van der Waals surface area contributed by atoms with Crippen molar-refractivity contribution < 1.29 is 19.1 Å². The normalized spacial score (nSPS) is 19.5. The standard InChI is InChI=1S/C16H20FNO3/c1-11(13-6-2-3-7-14(13)17)9-15(19)18-8-4-5-12(18)10-16(20)21/h2-3,6-7,11-12H,4-5,8-10H2,1H3,(H,20,21). The van der Waals surface area contributed by atoms with Crippen LogP contribution in [0.1, 0.15) is 44.1 Å². The Labute approximate surface area is 123 Å². The highest BCUT2D eigenvalue weighted by Crippen LogP contribution is 2.26. The van der Waals surface area contributed by atoms with Crippen molar-refractivity contribution in [2.24, 2.45) is 0 Å². The number of carboxylic acid groups (broad SMARTS) is 1. The molecule has 1 aromatic carbocycles. The van der Waals surface area contributed by atoms with Crippen molar-refractivity contribution in [3.63, 3.8) is 0 Å². The van der Waals surface area contributed by atoms with E-state index < -0.39 is 5.97 Å². The van der Waals surface area contributed by atoms with Crippen LogP contribution in [0.2, 0.25) is 0 Å². The molecule has 2 unspecified atom stereocenters. The molecule has 1 saturated heterocycles. The highest BCUT2D eigenvalue weighted by Gasteiger charge is 2.31. The zero-order chi connectivity index (χ0) is 15.4. The fourth-order valence-corrected chi connectivity index (χ4v) is 2.94. The summed E-state index contributed by atoms with van der Waals surface area (Å²) in [4.78, 5) is 24.8. The second kappa shape index (κ2) is 6.70. The first-order valence-corrected chi connectivity index (χ1v) is 7.24. The summed E-state index contributed by atoms with van der Waals surface area (Å²) < 4.78 is 13.7. The van der Waals surface area contributed by atoms with Gasteiger partial charge in [-0.1, -0.05) is 25.1 Å². The Kier molecular flexibility index (Phi) is 4.94. The van der Waals surface area contributed by atoms with Gasteiger partial charge in [-0.15, -0.1) is 0 Å². The van der Waals surface area contributed by atoms with Crippen molar-refractivity contribution in [2.45, 2.75) is 44.6 Å². The molecule has 0 bridgehead atoms. The summed E-state index contributed by atoms with van der Waals surface area (Å²) in [6, 6.07) is 6.23. The van der Waals surface area contributed by atoms with Gasteiger partial charge in [-0.2, -0.15) is 0 Å². The third-order valence-corrected chi connectivity index (χ3v) is 4.02. The fraction of sp³-hybridized carbons (Fsp3) is 0.500. The molecule has 0 aliphatic carbocycles. The summed E-state index contributed by atoms with van der Waals surface area (Å²) in [5, 5.41) is 8.88. The molecule has 1 aromatic rings. The van der Waals surface area contributed by atoms with E-state index >= 15 is 0 Å². The number of amides is 1. The Hall–Kier alpha value is -1.91. The summed E-state index contributed by atoms with van der Waals surface area (Å²) in [6.45, 7) is 2.42. The van der Waals surface area contributed by atoms with E-state index in [-0.39, 0.29) is 36.5 Å². The second-order valence-corrected chi connectivity index (χ2v) is 5.61. The van der Waals surface area contributed by atoms with E-state index in [1.807, 2.05) is 6.92 Å². The minimum atomic E-state index is -0.887. The molecule has 1 aliphatic rings. The Bertz CT molecular complexity index is 532. The first-order chi connectivity index (χ1) is 9.99. The number of likely N-dealkylation sites (tertiary alicyclic amines) is 1. The predicted octanol–water partition coefficient (Wildman–Crippen LogP) is 2.79. The van der Waals surface area contributed by atoms with Crippen LogP contribution < -0.4 is 0 Å². The summed E-state index contributed by atoms with van der Waals surface area (Å²) in [5.41, 5.74) is 0.528. The summed E-state index contributed by atoms with van der Waals surface area (Å²) in [5.74, 6) is -1.50. The molecule has 1 aliphatic heterocycles. The summed E-state index contributed by atoms with van der Waals surface area (Å²) in [7, 11) is 0. The zero-order valence-electron chi connectivity index (χ0n) is 12.1. The van der Waals surface area contributed by atoms with Crippen LogP contribution in [0, 0.1) is 5.82 Å². The third-order valence-electron chi connectivity index (χ3n) is 4.02. The number of carbonyl (C=O) groups excluding carboxylic acids is 1. The lowest BCUT2D eigenvalue weighted by atomic mass is 9.96. The Morgan fingerprint density at radius 1 is 1.43 bits per heavy atom. The van der Waals surface area contributed by atoms with Crippen LogP contribution in [0.15, 0.2) is 24.3 Å². The number of aliphatic carboxylic acids is 1. The van der Waals surface area contributed by atoms with Gasteiger partial charge in [0.25, 0.3) is 0 Å². The fourth-order valence-electron chi connectivity index (χ4n) is 2.94. The average Bonchev–Trinajstić information content (AvgIpc) is 2.86. The molecule has 4 nitrogen and oxygen atoms in total. The number of carbonyl (C=O) groups is 2. The van der Waals surface area contributed by atoms with Crippen molar-refractivity contribution in [1.29, 1.82) is 0 Å². The molecule has 0 saturated carbocycles. The van der Waals surface area contributed by atoms with Gasteiger partial charge in [0.05, 0.1) is 6.42 Å². The van der Waals surface area contributed by atoms with Gasteiger partial charge in [0.15, 0.2) is 0 Å². The predicted molar refractivity (Wildman–Crippen MR) is 76.4 cm³/mol. The molecule has 0 aromatic heterocycles. The number of hydrogen-bond donors (Lipinski definition) is 1. The minimum absolute atomic E-state index is 0.0141. The van der Waals surface area contributed by atoms with Crippen molar-refractivity contribution in [3.8, 4) is 0 Å². The lowest BCUT2D eigenvalue weighted by Crippen LogP contribution is -2.37. The lowest BCUT2D eigenvalue weighted by Gasteiger charge is -2.25. The molecule has 5 heteroatoms. The number of halogens is 1. The van der Waals surface area contributed by atoms with Gasteiger partial charge in [0.1, 0.15) is 5.82 Å². The molecule has 1 heterocycles. The number of hydrogen-bond acceptors (Lipinski definition) is 2. The first kappa shape index (κ1) is 15.5. The van der Waals surface area contributed by atoms with Gasteiger partial charge in [0.2, 0.25) is 5.91 Å². The monoisotopic (exact) mass is 293 g/mol. The Morgan fingerprint density at radius 2 is 2.14 bits per heavy atom. The molecule has 0 radical (unpaired) electrons. The molecule has 21 heavy (non-hydrogen) atoms. The van der Waals surface area contributed by atoms with Crippen molar-refractivity contribution in [3.05, 3.63) is 35.6 Å². The van der Waals surface area contributed by atoms with Crippen molar-refractivity contribution in [2.75, 3.05) is 6.54 Å². The van der Waals surface area contributed by atoms with Gasteiger partial charge >= 0.3 is 5.97 Å². The highest BCUT2D eigenvalue weighted by molar-refractivity contribution is 5.78. The Morgan fingerprint density at radius 3 is 2.81 bits per heavy atom. The molecule has 114 valence electrons. The largest absolute Gasteiger partial charge is 0.481 e. The number of rotatable bonds is 5. The molecule has 2 rings (SSSR count). The van der Waals surface area contributed by atoms with Crippen LogP contribution in [0.25, 0.3) is 0 Å². The number of benzene rings is 1. The quantitative estimate of drug-likeness (QED) is 0.908. The Balaban J connectivity index is 2.00. The first-order valence-electron chi connectivity index (χ1n) is 7.24. The SMILES string of the molecule is CC(CC(=O)N1CCCC1CC(=O)O)c1ccccc1F. The smallest absolute Gasteiger partial charge is 0.305 e.